The van der Waals surface area contributed by atoms with Gasteiger partial charge in [-0.05, 0) is 61.7 Å². The summed E-state index contributed by atoms with van der Waals surface area (Å²) in [5.74, 6) is 4.39. The van der Waals surface area contributed by atoms with Crippen LogP contribution in [0.1, 0.15) is 79.6 Å². The number of allylic oxidation sites excluding steroid dienone is 1. The Balaban J connectivity index is 2.39. The lowest BCUT2D eigenvalue weighted by Gasteiger charge is -2.26. The van der Waals surface area contributed by atoms with Gasteiger partial charge in [0, 0.05) is 0 Å². The zero-order valence-electron chi connectivity index (χ0n) is 14.0. The lowest BCUT2D eigenvalue weighted by molar-refractivity contribution is 0.266. The highest BCUT2D eigenvalue weighted by molar-refractivity contribution is 5.03. The molecule has 0 aromatic rings. The minimum atomic E-state index is 0.695. The maximum atomic E-state index is 4.34. The summed E-state index contributed by atoms with van der Waals surface area (Å²) in [6.45, 7) is 16.2. The van der Waals surface area contributed by atoms with Gasteiger partial charge in [-0.15, -0.1) is 0 Å². The van der Waals surface area contributed by atoms with Gasteiger partial charge in [0.05, 0.1) is 0 Å². The Morgan fingerprint density at radius 3 is 2.11 bits per heavy atom. The minimum absolute atomic E-state index is 0.695. The molecule has 0 nitrogen and oxygen atoms in total. The molecule has 0 saturated heterocycles. The Bertz CT molecular complexity index is 261. The van der Waals surface area contributed by atoms with Crippen molar-refractivity contribution in [1.82, 2.24) is 0 Å². The fourth-order valence-electron chi connectivity index (χ4n) is 3.45. The van der Waals surface area contributed by atoms with Crippen molar-refractivity contribution in [1.29, 1.82) is 0 Å². The average Bonchev–Trinajstić information content (AvgIpc) is 3.24. The third-order valence-electron chi connectivity index (χ3n) is 5.62. The molecule has 0 aromatic carbocycles. The molecule has 0 radical (unpaired) electrons. The minimum Gasteiger partial charge on any atom is -0.0993 e. The predicted octanol–water partition coefficient (Wildman–Crippen LogP) is 6.47. The van der Waals surface area contributed by atoms with E-state index in [4.69, 9.17) is 0 Å². The lowest BCUT2D eigenvalue weighted by Crippen LogP contribution is -2.16. The van der Waals surface area contributed by atoms with E-state index in [1.54, 1.807) is 0 Å². The summed E-state index contributed by atoms with van der Waals surface area (Å²) in [5.41, 5.74) is 1.48. The first-order valence-corrected chi connectivity index (χ1v) is 8.69. The van der Waals surface area contributed by atoms with Crippen LogP contribution in [0.5, 0.6) is 0 Å². The SMILES string of the molecule is C=C(C(C)CC)C(C)CCC(CCC)C(C)C1CC1. The second-order valence-corrected chi connectivity index (χ2v) is 7.11. The normalized spacial score (nSPS) is 21.7. The maximum absolute atomic E-state index is 4.34. The van der Waals surface area contributed by atoms with Crippen LogP contribution in [0.15, 0.2) is 12.2 Å². The molecule has 19 heavy (non-hydrogen) atoms. The summed E-state index contributed by atoms with van der Waals surface area (Å²) in [4.78, 5) is 0. The van der Waals surface area contributed by atoms with E-state index in [1.165, 1.54) is 50.5 Å². The molecule has 0 spiro atoms. The van der Waals surface area contributed by atoms with Crippen LogP contribution in [0, 0.1) is 29.6 Å². The first kappa shape index (κ1) is 16.8. The second-order valence-electron chi connectivity index (χ2n) is 7.11. The smallest absolute Gasteiger partial charge is 0.0232 e. The number of hydrogen-bond donors (Lipinski definition) is 0. The van der Waals surface area contributed by atoms with Crippen molar-refractivity contribution in [3.05, 3.63) is 12.2 Å². The Morgan fingerprint density at radius 2 is 1.63 bits per heavy atom. The van der Waals surface area contributed by atoms with Crippen molar-refractivity contribution >= 4 is 0 Å². The molecule has 0 amide bonds. The first-order valence-electron chi connectivity index (χ1n) is 8.69. The van der Waals surface area contributed by atoms with E-state index in [1.807, 2.05) is 0 Å². The fourth-order valence-corrected chi connectivity index (χ4v) is 3.45. The van der Waals surface area contributed by atoms with Gasteiger partial charge in [0.1, 0.15) is 0 Å². The molecule has 0 bridgehead atoms. The summed E-state index contributed by atoms with van der Waals surface area (Å²) in [5, 5.41) is 0. The predicted molar refractivity (Wildman–Crippen MR) is 87.3 cm³/mol. The summed E-state index contributed by atoms with van der Waals surface area (Å²) in [6.07, 6.45) is 9.78. The number of hydrogen-bond acceptors (Lipinski definition) is 0. The van der Waals surface area contributed by atoms with Crippen LogP contribution in [0.25, 0.3) is 0 Å². The second kappa shape index (κ2) is 8.12. The molecule has 0 aliphatic heterocycles. The third-order valence-corrected chi connectivity index (χ3v) is 5.62. The zero-order valence-corrected chi connectivity index (χ0v) is 14.0. The Hall–Kier alpha value is -0.260. The Morgan fingerprint density at radius 1 is 1.00 bits per heavy atom. The quantitative estimate of drug-likeness (QED) is 0.397. The summed E-state index contributed by atoms with van der Waals surface area (Å²) >= 11 is 0. The number of rotatable bonds is 10. The van der Waals surface area contributed by atoms with Crippen molar-refractivity contribution in [3.63, 3.8) is 0 Å². The van der Waals surface area contributed by atoms with Gasteiger partial charge in [-0.3, -0.25) is 0 Å². The third kappa shape index (κ3) is 5.32. The maximum Gasteiger partial charge on any atom is -0.0232 e. The molecule has 0 heterocycles. The van der Waals surface area contributed by atoms with Crippen molar-refractivity contribution in [2.45, 2.75) is 79.6 Å². The molecule has 4 unspecified atom stereocenters. The van der Waals surface area contributed by atoms with Gasteiger partial charge < -0.3 is 0 Å². The topological polar surface area (TPSA) is 0 Å². The van der Waals surface area contributed by atoms with Gasteiger partial charge in [-0.1, -0.05) is 59.6 Å². The van der Waals surface area contributed by atoms with E-state index >= 15 is 0 Å². The van der Waals surface area contributed by atoms with E-state index < -0.39 is 0 Å². The van der Waals surface area contributed by atoms with E-state index in [9.17, 15) is 0 Å². The van der Waals surface area contributed by atoms with Crippen LogP contribution < -0.4 is 0 Å². The molecule has 1 saturated carbocycles. The van der Waals surface area contributed by atoms with Gasteiger partial charge in [0.2, 0.25) is 0 Å². The van der Waals surface area contributed by atoms with Crippen molar-refractivity contribution in [3.8, 4) is 0 Å². The van der Waals surface area contributed by atoms with E-state index in [-0.39, 0.29) is 0 Å². The van der Waals surface area contributed by atoms with Crippen LogP contribution in [0.2, 0.25) is 0 Å². The van der Waals surface area contributed by atoms with Crippen LogP contribution in [-0.4, -0.2) is 0 Å². The Labute approximate surface area is 122 Å². The van der Waals surface area contributed by atoms with Gasteiger partial charge in [-0.2, -0.15) is 0 Å². The standard InChI is InChI=1S/C19H36/c1-7-9-18(17(6)19-12-13-19)11-10-15(4)16(5)14(3)8-2/h14-15,17-19H,5,7-13H2,1-4,6H3. The highest BCUT2D eigenvalue weighted by Gasteiger charge is 2.32. The van der Waals surface area contributed by atoms with Crippen LogP contribution in [0.4, 0.5) is 0 Å². The molecule has 0 heteroatoms. The van der Waals surface area contributed by atoms with Crippen molar-refractivity contribution < 1.29 is 0 Å². The van der Waals surface area contributed by atoms with Crippen LogP contribution in [-0.2, 0) is 0 Å². The first-order chi connectivity index (χ1) is 9.01. The highest BCUT2D eigenvalue weighted by Crippen LogP contribution is 2.43. The molecule has 4 atom stereocenters. The Kier molecular flexibility index (Phi) is 7.18. The summed E-state index contributed by atoms with van der Waals surface area (Å²) < 4.78 is 0. The van der Waals surface area contributed by atoms with Gasteiger partial charge >= 0.3 is 0 Å². The zero-order chi connectivity index (χ0) is 14.4. The summed E-state index contributed by atoms with van der Waals surface area (Å²) in [6, 6.07) is 0. The molecular weight excluding hydrogens is 228 g/mol. The summed E-state index contributed by atoms with van der Waals surface area (Å²) in [7, 11) is 0. The molecular formula is C19H36. The monoisotopic (exact) mass is 264 g/mol. The van der Waals surface area contributed by atoms with Crippen LogP contribution >= 0.6 is 0 Å². The molecule has 1 fully saturated rings. The van der Waals surface area contributed by atoms with Crippen LogP contribution in [0.3, 0.4) is 0 Å². The van der Waals surface area contributed by atoms with E-state index in [0.29, 0.717) is 11.8 Å². The van der Waals surface area contributed by atoms with E-state index in [2.05, 4.69) is 41.2 Å². The molecule has 112 valence electrons. The molecule has 1 aliphatic carbocycles. The molecule has 0 N–H and O–H groups in total. The van der Waals surface area contributed by atoms with Gasteiger partial charge in [0.15, 0.2) is 0 Å². The highest BCUT2D eigenvalue weighted by atomic mass is 14.4. The lowest BCUT2D eigenvalue weighted by atomic mass is 9.79. The van der Waals surface area contributed by atoms with E-state index in [0.717, 1.165) is 17.8 Å². The van der Waals surface area contributed by atoms with Crippen molar-refractivity contribution in [2.24, 2.45) is 29.6 Å². The molecule has 0 aromatic heterocycles. The largest absolute Gasteiger partial charge is 0.0993 e. The van der Waals surface area contributed by atoms with Gasteiger partial charge in [-0.25, -0.2) is 0 Å². The fraction of sp³-hybridized carbons (Fsp3) is 0.895. The average molecular weight is 264 g/mol. The van der Waals surface area contributed by atoms with Crippen molar-refractivity contribution in [2.75, 3.05) is 0 Å². The molecule has 1 aliphatic rings. The van der Waals surface area contributed by atoms with Gasteiger partial charge in [0.25, 0.3) is 0 Å². The molecule has 1 rings (SSSR count).